The molecule has 0 saturated heterocycles. The van der Waals surface area contributed by atoms with Crippen molar-refractivity contribution >= 4 is 58.4 Å². The Labute approximate surface area is 373 Å². The first-order chi connectivity index (χ1) is 30.9. The van der Waals surface area contributed by atoms with Crippen molar-refractivity contribution in [3.05, 3.63) is 227 Å². The molecule has 0 saturated carbocycles. The lowest BCUT2D eigenvalue weighted by molar-refractivity contribution is 0.339. The third-order valence-corrected chi connectivity index (χ3v) is 11.1. The molecule has 0 amide bonds. The SMILES string of the molecule is CCOc1ccccc1/C=C/c1ccc(N(c2ccc(C)cc2)c2ccc(-c3ccc(N(c4ccc(C)cc4)c4ccc(/C=C/c5ccccc5OCC)cc4)c(C)c3)cc2)cc1. The van der Waals surface area contributed by atoms with Crippen LogP contribution >= 0.6 is 0 Å². The van der Waals surface area contributed by atoms with Crippen molar-refractivity contribution in [2.45, 2.75) is 34.6 Å². The average molecular weight is 823 g/mol. The molecule has 0 aromatic heterocycles. The molecule has 0 aliphatic rings. The fraction of sp³-hybridized carbons (Fsp3) is 0.119. The molecule has 0 bridgehead atoms. The number of para-hydroxylation sites is 2. The van der Waals surface area contributed by atoms with Crippen LogP contribution in [0.25, 0.3) is 35.4 Å². The van der Waals surface area contributed by atoms with Crippen LogP contribution in [0.5, 0.6) is 11.5 Å². The van der Waals surface area contributed by atoms with E-state index in [1.54, 1.807) is 0 Å². The fourth-order valence-corrected chi connectivity index (χ4v) is 7.80. The molecule has 8 aromatic rings. The lowest BCUT2D eigenvalue weighted by Crippen LogP contribution is -2.11. The summed E-state index contributed by atoms with van der Waals surface area (Å²) in [5.74, 6) is 1.79. The van der Waals surface area contributed by atoms with E-state index in [0.717, 1.165) is 73.4 Å². The second-order valence-electron chi connectivity index (χ2n) is 15.7. The number of hydrogen-bond donors (Lipinski definition) is 0. The molecule has 0 unspecified atom stereocenters. The van der Waals surface area contributed by atoms with Crippen molar-refractivity contribution in [2.24, 2.45) is 0 Å². The number of rotatable bonds is 15. The van der Waals surface area contributed by atoms with Crippen LogP contribution < -0.4 is 19.3 Å². The van der Waals surface area contributed by atoms with Crippen molar-refractivity contribution in [2.75, 3.05) is 23.0 Å². The Kier molecular flexibility index (Phi) is 13.3. The predicted molar refractivity (Wildman–Crippen MR) is 269 cm³/mol. The monoisotopic (exact) mass is 822 g/mol. The first-order valence-corrected chi connectivity index (χ1v) is 21.8. The summed E-state index contributed by atoms with van der Waals surface area (Å²) in [7, 11) is 0. The molecule has 0 aliphatic carbocycles. The van der Waals surface area contributed by atoms with Gasteiger partial charge in [-0.05, 0) is 147 Å². The van der Waals surface area contributed by atoms with Crippen LogP contribution in [0.15, 0.2) is 188 Å². The molecule has 0 radical (unpaired) electrons. The minimum atomic E-state index is 0.635. The van der Waals surface area contributed by atoms with Crippen LogP contribution in [0.4, 0.5) is 34.1 Å². The van der Waals surface area contributed by atoms with E-state index in [1.165, 1.54) is 22.3 Å². The zero-order valence-electron chi connectivity index (χ0n) is 36.8. The van der Waals surface area contributed by atoms with Gasteiger partial charge in [-0.25, -0.2) is 0 Å². The highest BCUT2D eigenvalue weighted by atomic mass is 16.5. The molecule has 0 heterocycles. The Morgan fingerprint density at radius 2 is 0.762 bits per heavy atom. The Hall–Kier alpha value is -7.56. The van der Waals surface area contributed by atoms with Crippen LogP contribution in [-0.4, -0.2) is 13.2 Å². The van der Waals surface area contributed by atoms with E-state index in [1.807, 2.05) is 50.2 Å². The summed E-state index contributed by atoms with van der Waals surface area (Å²) in [5.41, 5.74) is 17.0. The van der Waals surface area contributed by atoms with Crippen molar-refractivity contribution in [3.63, 3.8) is 0 Å². The zero-order chi connectivity index (χ0) is 43.5. The number of anilines is 6. The topological polar surface area (TPSA) is 24.9 Å². The van der Waals surface area contributed by atoms with Crippen LogP contribution in [-0.2, 0) is 0 Å². The average Bonchev–Trinajstić information content (AvgIpc) is 3.31. The highest BCUT2D eigenvalue weighted by Crippen LogP contribution is 2.40. The summed E-state index contributed by atoms with van der Waals surface area (Å²) >= 11 is 0. The molecule has 8 aromatic carbocycles. The Bertz CT molecular complexity index is 2800. The van der Waals surface area contributed by atoms with Gasteiger partial charge in [0.15, 0.2) is 0 Å². The Balaban J connectivity index is 1.06. The van der Waals surface area contributed by atoms with Gasteiger partial charge in [0.2, 0.25) is 0 Å². The van der Waals surface area contributed by atoms with Crippen LogP contribution in [0.2, 0.25) is 0 Å². The van der Waals surface area contributed by atoms with Gasteiger partial charge in [-0.15, -0.1) is 0 Å². The zero-order valence-corrected chi connectivity index (χ0v) is 36.8. The summed E-state index contributed by atoms with van der Waals surface area (Å²) < 4.78 is 11.7. The van der Waals surface area contributed by atoms with Gasteiger partial charge >= 0.3 is 0 Å². The van der Waals surface area contributed by atoms with Crippen molar-refractivity contribution < 1.29 is 9.47 Å². The van der Waals surface area contributed by atoms with E-state index in [-0.39, 0.29) is 0 Å². The van der Waals surface area contributed by atoms with Crippen molar-refractivity contribution in [1.82, 2.24) is 0 Å². The molecule has 312 valence electrons. The molecule has 0 fully saturated rings. The molecule has 63 heavy (non-hydrogen) atoms. The first-order valence-electron chi connectivity index (χ1n) is 21.8. The van der Waals surface area contributed by atoms with Gasteiger partial charge in [-0.2, -0.15) is 0 Å². The number of hydrogen-bond acceptors (Lipinski definition) is 4. The minimum absolute atomic E-state index is 0.635. The van der Waals surface area contributed by atoms with Crippen molar-refractivity contribution in [3.8, 4) is 22.6 Å². The van der Waals surface area contributed by atoms with E-state index >= 15 is 0 Å². The maximum Gasteiger partial charge on any atom is 0.126 e. The minimum Gasteiger partial charge on any atom is -0.493 e. The standard InChI is InChI=1S/C59H54N2O2/c1-6-62-58-14-10-8-12-49(58)26-20-46-22-35-53(36-23-46)60(52-31-16-43(3)17-32-52)54-39-28-48(29-40-54)51-30-41-57(45(5)42-51)61(55-33-18-44(4)19-34-55)56-37-24-47(25-38-56)21-27-50-13-9-11-15-59(50)63-7-2/h8-42H,6-7H2,1-5H3/b26-20+,27-21+. The predicted octanol–water partition coefficient (Wildman–Crippen LogP) is 16.4. The summed E-state index contributed by atoms with van der Waals surface area (Å²) in [6, 6.07) is 67.0. The molecule has 0 spiro atoms. The molecule has 4 heteroatoms. The Morgan fingerprint density at radius 3 is 1.19 bits per heavy atom. The highest BCUT2D eigenvalue weighted by Gasteiger charge is 2.17. The second-order valence-corrected chi connectivity index (χ2v) is 15.7. The lowest BCUT2D eigenvalue weighted by atomic mass is 10.0. The van der Waals surface area contributed by atoms with Gasteiger partial charge in [0.25, 0.3) is 0 Å². The van der Waals surface area contributed by atoms with Gasteiger partial charge in [-0.3, -0.25) is 0 Å². The maximum absolute atomic E-state index is 5.84. The molecular formula is C59H54N2O2. The van der Waals surface area contributed by atoms with E-state index < -0.39 is 0 Å². The van der Waals surface area contributed by atoms with Crippen LogP contribution in [0.3, 0.4) is 0 Å². The Morgan fingerprint density at radius 1 is 0.381 bits per heavy atom. The largest absolute Gasteiger partial charge is 0.493 e. The number of benzene rings is 8. The van der Waals surface area contributed by atoms with Gasteiger partial charge in [0.1, 0.15) is 11.5 Å². The summed E-state index contributed by atoms with van der Waals surface area (Å²) in [6.07, 6.45) is 8.52. The normalized spacial score (nSPS) is 11.3. The molecule has 0 atom stereocenters. The third kappa shape index (κ3) is 10.2. The number of ether oxygens (including phenoxy) is 2. The fourth-order valence-electron chi connectivity index (χ4n) is 7.80. The molecular weight excluding hydrogens is 769 g/mol. The summed E-state index contributed by atoms with van der Waals surface area (Å²) in [6.45, 7) is 11.8. The van der Waals surface area contributed by atoms with Crippen LogP contribution in [0, 0.1) is 20.8 Å². The lowest BCUT2D eigenvalue weighted by Gasteiger charge is -2.28. The highest BCUT2D eigenvalue weighted by molar-refractivity contribution is 5.84. The van der Waals surface area contributed by atoms with Gasteiger partial charge in [0, 0.05) is 45.3 Å². The molecule has 0 aliphatic heterocycles. The quantitative estimate of drug-likeness (QED) is 0.0962. The van der Waals surface area contributed by atoms with E-state index in [4.69, 9.17) is 9.47 Å². The van der Waals surface area contributed by atoms with Gasteiger partial charge in [0.05, 0.1) is 13.2 Å². The molecule has 8 rings (SSSR count). The summed E-state index contributed by atoms with van der Waals surface area (Å²) in [4.78, 5) is 4.66. The van der Waals surface area contributed by atoms with E-state index in [9.17, 15) is 0 Å². The number of aryl methyl sites for hydroxylation is 3. The smallest absolute Gasteiger partial charge is 0.126 e. The van der Waals surface area contributed by atoms with Crippen LogP contribution in [0.1, 0.15) is 52.8 Å². The second kappa shape index (κ2) is 19.9. The molecule has 0 N–H and O–H groups in total. The van der Waals surface area contributed by atoms with Gasteiger partial charge < -0.3 is 19.3 Å². The third-order valence-electron chi connectivity index (χ3n) is 11.1. The van der Waals surface area contributed by atoms with E-state index in [0.29, 0.717) is 13.2 Å². The summed E-state index contributed by atoms with van der Waals surface area (Å²) in [5, 5.41) is 0. The first kappa shape index (κ1) is 42.1. The number of nitrogens with zero attached hydrogens (tertiary/aromatic N) is 2. The van der Waals surface area contributed by atoms with Gasteiger partial charge in [-0.1, -0.05) is 139 Å². The maximum atomic E-state index is 5.84. The van der Waals surface area contributed by atoms with E-state index in [2.05, 4.69) is 207 Å². The van der Waals surface area contributed by atoms with Crippen molar-refractivity contribution in [1.29, 1.82) is 0 Å². The molecule has 4 nitrogen and oxygen atoms in total.